The average molecular weight is 232 g/mol. The molecule has 2 rings (SSSR count). The number of aromatic nitrogens is 3. The first-order valence-electron chi connectivity index (χ1n) is 5.07. The molecular formula is C11H12N4O2. The molecule has 0 spiro atoms. The molecule has 0 bridgehead atoms. The van der Waals surface area contributed by atoms with Gasteiger partial charge in [-0.2, -0.15) is 9.61 Å². The van der Waals surface area contributed by atoms with Gasteiger partial charge in [-0.15, -0.1) is 6.58 Å². The summed E-state index contributed by atoms with van der Waals surface area (Å²) in [4.78, 5) is 15.2. The Balaban J connectivity index is 2.61. The first kappa shape index (κ1) is 11.1. The topological polar surface area (TPSA) is 79.5 Å². The molecule has 0 aliphatic carbocycles. The third-order valence-corrected chi connectivity index (χ3v) is 2.26. The van der Waals surface area contributed by atoms with E-state index in [0.717, 1.165) is 5.69 Å². The SMILES string of the molecule is C=CCNc1cc(C)nc2c(C(=O)O)cnn12. The first-order valence-corrected chi connectivity index (χ1v) is 5.07. The minimum absolute atomic E-state index is 0.0929. The van der Waals surface area contributed by atoms with Gasteiger partial charge in [0, 0.05) is 18.3 Å². The molecule has 0 saturated heterocycles. The summed E-state index contributed by atoms with van der Waals surface area (Å²) in [6.07, 6.45) is 3.01. The molecule has 0 amide bonds. The van der Waals surface area contributed by atoms with Crippen molar-refractivity contribution in [3.8, 4) is 0 Å². The van der Waals surface area contributed by atoms with E-state index in [-0.39, 0.29) is 5.56 Å². The second-order valence-corrected chi connectivity index (χ2v) is 3.55. The Morgan fingerprint density at radius 2 is 2.47 bits per heavy atom. The fourth-order valence-corrected chi connectivity index (χ4v) is 1.54. The second-order valence-electron chi connectivity index (χ2n) is 3.55. The van der Waals surface area contributed by atoms with Gasteiger partial charge in [0.2, 0.25) is 0 Å². The van der Waals surface area contributed by atoms with Crippen LogP contribution in [-0.2, 0) is 0 Å². The normalized spacial score (nSPS) is 10.4. The van der Waals surface area contributed by atoms with E-state index < -0.39 is 5.97 Å². The molecule has 0 radical (unpaired) electrons. The Bertz CT molecular complexity index is 588. The average Bonchev–Trinajstić information content (AvgIpc) is 2.69. The van der Waals surface area contributed by atoms with Crippen molar-refractivity contribution in [3.63, 3.8) is 0 Å². The Kier molecular flexibility index (Phi) is 2.78. The molecule has 0 saturated carbocycles. The largest absolute Gasteiger partial charge is 0.477 e. The zero-order valence-corrected chi connectivity index (χ0v) is 9.34. The summed E-state index contributed by atoms with van der Waals surface area (Å²) >= 11 is 0. The van der Waals surface area contributed by atoms with Crippen molar-refractivity contribution in [1.82, 2.24) is 14.6 Å². The van der Waals surface area contributed by atoms with Crippen LogP contribution in [0.15, 0.2) is 24.9 Å². The highest BCUT2D eigenvalue weighted by atomic mass is 16.4. The van der Waals surface area contributed by atoms with Gasteiger partial charge in [0.25, 0.3) is 0 Å². The summed E-state index contributed by atoms with van der Waals surface area (Å²) in [5.74, 6) is -0.340. The molecule has 6 heteroatoms. The predicted molar refractivity (Wildman–Crippen MR) is 63.4 cm³/mol. The molecule has 0 aliphatic heterocycles. The molecule has 88 valence electrons. The summed E-state index contributed by atoms with van der Waals surface area (Å²) in [5, 5.41) is 16.1. The molecule has 0 atom stereocenters. The zero-order valence-electron chi connectivity index (χ0n) is 9.34. The number of carbonyl (C=O) groups is 1. The molecule has 2 aromatic heterocycles. The lowest BCUT2D eigenvalue weighted by Crippen LogP contribution is -2.07. The van der Waals surface area contributed by atoms with Crippen LogP contribution >= 0.6 is 0 Å². The maximum Gasteiger partial charge on any atom is 0.341 e. The number of hydrogen-bond donors (Lipinski definition) is 2. The monoisotopic (exact) mass is 232 g/mol. The molecule has 17 heavy (non-hydrogen) atoms. The predicted octanol–water partition coefficient (Wildman–Crippen LogP) is 1.33. The van der Waals surface area contributed by atoms with Crippen LogP contribution in [0.25, 0.3) is 5.65 Å². The fraction of sp³-hybridized carbons (Fsp3) is 0.182. The van der Waals surface area contributed by atoms with Crippen LogP contribution in [0, 0.1) is 6.92 Å². The standard InChI is InChI=1S/C11H12N4O2/c1-3-4-12-9-5-7(2)14-10-8(11(16)17)6-13-15(9)10/h3,5-6,12H,1,4H2,2H3,(H,16,17). The zero-order chi connectivity index (χ0) is 12.4. The number of carboxylic acid groups (broad SMARTS) is 1. The molecule has 0 aromatic carbocycles. The van der Waals surface area contributed by atoms with Crippen LogP contribution in [-0.4, -0.2) is 32.2 Å². The van der Waals surface area contributed by atoms with Crippen molar-refractivity contribution in [2.24, 2.45) is 0 Å². The number of fused-ring (bicyclic) bond motifs is 1. The van der Waals surface area contributed by atoms with Gasteiger partial charge in [0.15, 0.2) is 5.65 Å². The van der Waals surface area contributed by atoms with Crippen LogP contribution in [0.3, 0.4) is 0 Å². The van der Waals surface area contributed by atoms with E-state index in [1.807, 2.05) is 0 Å². The van der Waals surface area contributed by atoms with Gasteiger partial charge in [-0.1, -0.05) is 6.08 Å². The highest BCUT2D eigenvalue weighted by Gasteiger charge is 2.14. The highest BCUT2D eigenvalue weighted by molar-refractivity contribution is 5.94. The quantitative estimate of drug-likeness (QED) is 0.777. The third kappa shape index (κ3) is 1.96. The van der Waals surface area contributed by atoms with Gasteiger partial charge < -0.3 is 10.4 Å². The van der Waals surface area contributed by atoms with E-state index in [0.29, 0.717) is 18.0 Å². The number of hydrogen-bond acceptors (Lipinski definition) is 4. The number of aryl methyl sites for hydroxylation is 1. The minimum Gasteiger partial charge on any atom is -0.477 e. The molecule has 0 unspecified atom stereocenters. The van der Waals surface area contributed by atoms with Crippen molar-refractivity contribution in [2.45, 2.75) is 6.92 Å². The van der Waals surface area contributed by atoms with Gasteiger partial charge in [-0.25, -0.2) is 9.78 Å². The number of rotatable bonds is 4. The smallest absolute Gasteiger partial charge is 0.341 e. The van der Waals surface area contributed by atoms with E-state index in [9.17, 15) is 4.79 Å². The van der Waals surface area contributed by atoms with E-state index >= 15 is 0 Å². The molecule has 6 nitrogen and oxygen atoms in total. The van der Waals surface area contributed by atoms with Crippen LogP contribution in [0.2, 0.25) is 0 Å². The molecule has 0 aliphatic rings. The van der Waals surface area contributed by atoms with Gasteiger partial charge in [0.05, 0.1) is 6.20 Å². The van der Waals surface area contributed by atoms with E-state index in [4.69, 9.17) is 5.11 Å². The summed E-state index contributed by atoms with van der Waals surface area (Å²) in [7, 11) is 0. The summed E-state index contributed by atoms with van der Waals surface area (Å²) in [5.41, 5.74) is 1.16. The van der Waals surface area contributed by atoms with Crippen molar-refractivity contribution in [1.29, 1.82) is 0 Å². The molecule has 0 fully saturated rings. The van der Waals surface area contributed by atoms with Crippen molar-refractivity contribution >= 4 is 17.4 Å². The molecule has 2 aromatic rings. The second kappa shape index (κ2) is 4.25. The van der Waals surface area contributed by atoms with E-state index in [1.165, 1.54) is 10.7 Å². The molecule has 2 heterocycles. The Morgan fingerprint density at radius 3 is 3.12 bits per heavy atom. The van der Waals surface area contributed by atoms with Crippen LogP contribution in [0.4, 0.5) is 5.82 Å². The third-order valence-electron chi connectivity index (χ3n) is 2.26. The first-order chi connectivity index (χ1) is 8.13. The summed E-state index contributed by atoms with van der Waals surface area (Å²) in [6.45, 7) is 5.98. The fourth-order valence-electron chi connectivity index (χ4n) is 1.54. The number of nitrogens with one attached hydrogen (secondary N) is 1. The lowest BCUT2D eigenvalue weighted by Gasteiger charge is -2.07. The van der Waals surface area contributed by atoms with Crippen LogP contribution in [0.5, 0.6) is 0 Å². The van der Waals surface area contributed by atoms with Gasteiger partial charge >= 0.3 is 5.97 Å². The van der Waals surface area contributed by atoms with E-state index in [1.54, 1.807) is 19.1 Å². The number of carboxylic acids is 1. The Morgan fingerprint density at radius 1 is 1.71 bits per heavy atom. The number of aromatic carboxylic acids is 1. The number of anilines is 1. The van der Waals surface area contributed by atoms with E-state index in [2.05, 4.69) is 22.0 Å². The highest BCUT2D eigenvalue weighted by Crippen LogP contribution is 2.15. The van der Waals surface area contributed by atoms with Crippen LogP contribution in [0.1, 0.15) is 16.1 Å². The van der Waals surface area contributed by atoms with Crippen LogP contribution < -0.4 is 5.32 Å². The minimum atomic E-state index is -1.03. The van der Waals surface area contributed by atoms with Gasteiger partial charge in [0.1, 0.15) is 11.4 Å². The number of nitrogens with zero attached hydrogens (tertiary/aromatic N) is 3. The summed E-state index contributed by atoms with van der Waals surface area (Å²) in [6, 6.07) is 1.80. The maximum atomic E-state index is 11.0. The molecule has 2 N–H and O–H groups in total. The van der Waals surface area contributed by atoms with Gasteiger partial charge in [-0.3, -0.25) is 0 Å². The lowest BCUT2D eigenvalue weighted by molar-refractivity contribution is 0.0699. The molecular weight excluding hydrogens is 220 g/mol. The van der Waals surface area contributed by atoms with Crippen molar-refractivity contribution < 1.29 is 9.90 Å². The maximum absolute atomic E-state index is 11.0. The lowest BCUT2D eigenvalue weighted by atomic mass is 10.3. The summed E-state index contributed by atoms with van der Waals surface area (Å²) < 4.78 is 1.47. The Labute approximate surface area is 97.6 Å². The van der Waals surface area contributed by atoms with Crippen molar-refractivity contribution in [2.75, 3.05) is 11.9 Å². The van der Waals surface area contributed by atoms with Crippen molar-refractivity contribution in [3.05, 3.63) is 36.2 Å². The Hall–Kier alpha value is -2.37. The van der Waals surface area contributed by atoms with Gasteiger partial charge in [-0.05, 0) is 6.92 Å².